The minimum atomic E-state index is 0.0499. The van der Waals surface area contributed by atoms with E-state index in [4.69, 9.17) is 4.42 Å². The van der Waals surface area contributed by atoms with Crippen molar-refractivity contribution in [3.05, 3.63) is 53.8 Å². The number of imidazole rings is 1. The van der Waals surface area contributed by atoms with Gasteiger partial charge in [-0.05, 0) is 31.9 Å². The Hall–Kier alpha value is -2.56. The quantitative estimate of drug-likeness (QED) is 0.725. The van der Waals surface area contributed by atoms with Crippen LogP contribution in [0.3, 0.4) is 0 Å². The lowest BCUT2D eigenvalue weighted by Gasteiger charge is -2.32. The zero-order valence-corrected chi connectivity index (χ0v) is 14.0. The maximum atomic E-state index is 13.1. The first-order valence-electron chi connectivity index (χ1n) is 8.39. The molecule has 0 N–H and O–H groups in total. The molecule has 124 valence electrons. The number of furan rings is 1. The van der Waals surface area contributed by atoms with Gasteiger partial charge in [-0.15, -0.1) is 0 Å². The van der Waals surface area contributed by atoms with Crippen molar-refractivity contribution < 1.29 is 9.21 Å². The van der Waals surface area contributed by atoms with Gasteiger partial charge in [0.25, 0.3) is 5.91 Å². The van der Waals surface area contributed by atoms with E-state index >= 15 is 0 Å². The molecule has 2 aromatic heterocycles. The SMILES string of the molecule is Cc1cc2cccc(C(=O)N3CCC[C@@H](c4nccn4C)C3)c2o1. The maximum absolute atomic E-state index is 13.1. The molecule has 4 rings (SSSR count). The number of nitrogens with zero attached hydrogens (tertiary/aromatic N) is 3. The summed E-state index contributed by atoms with van der Waals surface area (Å²) in [5.74, 6) is 2.23. The van der Waals surface area contributed by atoms with Crippen molar-refractivity contribution in [2.24, 2.45) is 7.05 Å². The van der Waals surface area contributed by atoms with Crippen molar-refractivity contribution in [2.75, 3.05) is 13.1 Å². The van der Waals surface area contributed by atoms with Gasteiger partial charge in [0.1, 0.15) is 17.2 Å². The highest BCUT2D eigenvalue weighted by molar-refractivity contribution is 6.05. The van der Waals surface area contributed by atoms with Gasteiger partial charge in [0.15, 0.2) is 0 Å². The van der Waals surface area contributed by atoms with Gasteiger partial charge < -0.3 is 13.9 Å². The molecule has 0 unspecified atom stereocenters. The lowest BCUT2D eigenvalue weighted by molar-refractivity contribution is 0.0704. The van der Waals surface area contributed by atoms with Crippen LogP contribution in [0.25, 0.3) is 11.0 Å². The van der Waals surface area contributed by atoms with Crippen LogP contribution in [0, 0.1) is 6.92 Å². The van der Waals surface area contributed by atoms with Gasteiger partial charge in [0.2, 0.25) is 0 Å². The zero-order chi connectivity index (χ0) is 16.7. The second-order valence-electron chi connectivity index (χ2n) is 6.57. The molecule has 1 fully saturated rings. The van der Waals surface area contributed by atoms with Crippen LogP contribution in [0.15, 0.2) is 41.1 Å². The number of hydrogen-bond donors (Lipinski definition) is 0. The van der Waals surface area contributed by atoms with Crippen LogP contribution in [-0.4, -0.2) is 33.4 Å². The first-order valence-corrected chi connectivity index (χ1v) is 8.39. The molecule has 1 atom stereocenters. The fourth-order valence-corrected chi connectivity index (χ4v) is 3.67. The van der Waals surface area contributed by atoms with Crippen LogP contribution in [0.2, 0.25) is 0 Å². The number of carbonyl (C=O) groups excluding carboxylic acids is 1. The predicted octanol–water partition coefficient (Wildman–Crippen LogP) is 3.49. The topological polar surface area (TPSA) is 51.3 Å². The molecule has 1 amide bonds. The molecular weight excluding hydrogens is 302 g/mol. The molecule has 1 saturated heterocycles. The Morgan fingerprint density at radius 1 is 1.38 bits per heavy atom. The molecule has 1 aliphatic heterocycles. The highest BCUT2D eigenvalue weighted by atomic mass is 16.3. The minimum Gasteiger partial charge on any atom is -0.461 e. The molecule has 0 radical (unpaired) electrons. The van der Waals surface area contributed by atoms with Gasteiger partial charge in [-0.3, -0.25) is 4.79 Å². The third kappa shape index (κ3) is 2.50. The van der Waals surface area contributed by atoms with Gasteiger partial charge in [0.05, 0.1) is 5.56 Å². The van der Waals surface area contributed by atoms with E-state index in [0.29, 0.717) is 23.6 Å². The molecule has 1 aliphatic rings. The number of para-hydroxylation sites is 1. The summed E-state index contributed by atoms with van der Waals surface area (Å²) < 4.78 is 7.82. The van der Waals surface area contributed by atoms with E-state index in [1.165, 1.54) is 0 Å². The first kappa shape index (κ1) is 15.0. The standard InChI is InChI=1S/C19H21N3O2/c1-13-11-14-5-3-7-16(17(14)24-13)19(23)22-9-4-6-15(12-22)18-20-8-10-21(18)2/h3,5,7-8,10-11,15H,4,6,9,12H2,1-2H3/t15-/m1/s1. The largest absolute Gasteiger partial charge is 0.461 e. The number of aromatic nitrogens is 2. The Labute approximate surface area is 140 Å². The first-order chi connectivity index (χ1) is 11.6. The smallest absolute Gasteiger partial charge is 0.257 e. The number of carbonyl (C=O) groups is 1. The fourth-order valence-electron chi connectivity index (χ4n) is 3.67. The summed E-state index contributed by atoms with van der Waals surface area (Å²) in [7, 11) is 2.01. The van der Waals surface area contributed by atoms with Gasteiger partial charge in [-0.1, -0.05) is 12.1 Å². The number of amides is 1. The highest BCUT2D eigenvalue weighted by Gasteiger charge is 2.28. The van der Waals surface area contributed by atoms with Crippen molar-refractivity contribution >= 4 is 16.9 Å². The molecule has 0 spiro atoms. The van der Waals surface area contributed by atoms with Gasteiger partial charge >= 0.3 is 0 Å². The van der Waals surface area contributed by atoms with Gasteiger partial charge in [-0.2, -0.15) is 0 Å². The number of likely N-dealkylation sites (tertiary alicyclic amines) is 1. The van der Waals surface area contributed by atoms with Crippen molar-refractivity contribution in [1.29, 1.82) is 0 Å². The minimum absolute atomic E-state index is 0.0499. The Kier molecular flexibility index (Phi) is 3.63. The molecule has 24 heavy (non-hydrogen) atoms. The molecule has 0 aliphatic carbocycles. The molecule has 3 heterocycles. The van der Waals surface area contributed by atoms with E-state index in [9.17, 15) is 4.79 Å². The van der Waals surface area contributed by atoms with Crippen LogP contribution < -0.4 is 0 Å². The molecule has 5 nitrogen and oxygen atoms in total. The number of benzene rings is 1. The third-order valence-electron chi connectivity index (χ3n) is 4.83. The van der Waals surface area contributed by atoms with Gasteiger partial charge in [-0.25, -0.2) is 4.98 Å². The Morgan fingerprint density at radius 2 is 2.25 bits per heavy atom. The number of rotatable bonds is 2. The van der Waals surface area contributed by atoms with Crippen LogP contribution in [-0.2, 0) is 7.05 Å². The normalized spacial score (nSPS) is 18.2. The summed E-state index contributed by atoms with van der Waals surface area (Å²) in [5, 5.41) is 0.982. The highest BCUT2D eigenvalue weighted by Crippen LogP contribution is 2.29. The van der Waals surface area contributed by atoms with Crippen LogP contribution in [0.5, 0.6) is 0 Å². The lowest BCUT2D eigenvalue weighted by Crippen LogP contribution is -2.39. The van der Waals surface area contributed by atoms with E-state index in [2.05, 4.69) is 9.55 Å². The van der Waals surface area contributed by atoms with Crippen molar-refractivity contribution in [2.45, 2.75) is 25.7 Å². The second-order valence-corrected chi connectivity index (χ2v) is 6.57. The summed E-state index contributed by atoms with van der Waals surface area (Å²) >= 11 is 0. The second kappa shape index (κ2) is 5.82. The number of aryl methyl sites for hydroxylation is 2. The summed E-state index contributed by atoms with van der Waals surface area (Å²) in [6.07, 6.45) is 5.85. The number of piperidine rings is 1. The van der Waals surface area contributed by atoms with E-state index in [-0.39, 0.29) is 5.91 Å². The van der Waals surface area contributed by atoms with E-state index in [1.807, 2.05) is 55.5 Å². The molecule has 1 aromatic carbocycles. The van der Waals surface area contributed by atoms with E-state index in [1.54, 1.807) is 0 Å². The Bertz CT molecular complexity index is 893. The zero-order valence-electron chi connectivity index (χ0n) is 14.0. The molecule has 3 aromatic rings. The van der Waals surface area contributed by atoms with Crippen LogP contribution in [0.1, 0.15) is 40.7 Å². The van der Waals surface area contributed by atoms with Crippen LogP contribution >= 0.6 is 0 Å². The van der Waals surface area contributed by atoms with Gasteiger partial charge in [0, 0.05) is 43.8 Å². The Morgan fingerprint density at radius 3 is 3.04 bits per heavy atom. The summed E-state index contributed by atoms with van der Waals surface area (Å²) in [4.78, 5) is 19.5. The fraction of sp³-hybridized carbons (Fsp3) is 0.368. The summed E-state index contributed by atoms with van der Waals surface area (Å²) in [5.41, 5.74) is 1.35. The van der Waals surface area contributed by atoms with Crippen LogP contribution in [0.4, 0.5) is 0 Å². The summed E-state index contributed by atoms with van der Waals surface area (Å²) in [6, 6.07) is 7.73. The monoisotopic (exact) mass is 323 g/mol. The van der Waals surface area contributed by atoms with E-state index < -0.39 is 0 Å². The predicted molar refractivity (Wildman–Crippen MR) is 92.0 cm³/mol. The molecule has 0 saturated carbocycles. The summed E-state index contributed by atoms with van der Waals surface area (Å²) in [6.45, 7) is 3.40. The third-order valence-corrected chi connectivity index (χ3v) is 4.83. The van der Waals surface area contributed by atoms with E-state index in [0.717, 1.165) is 36.4 Å². The molecular formula is C19H21N3O2. The Balaban J connectivity index is 1.63. The van der Waals surface area contributed by atoms with Crippen molar-refractivity contribution in [3.8, 4) is 0 Å². The maximum Gasteiger partial charge on any atom is 0.257 e. The molecule has 5 heteroatoms. The average molecular weight is 323 g/mol. The number of fused-ring (bicyclic) bond motifs is 1. The lowest BCUT2D eigenvalue weighted by atomic mass is 9.96. The average Bonchev–Trinajstić information content (AvgIpc) is 3.18. The number of hydrogen-bond acceptors (Lipinski definition) is 3. The van der Waals surface area contributed by atoms with Crippen molar-refractivity contribution in [3.63, 3.8) is 0 Å². The van der Waals surface area contributed by atoms with Crippen molar-refractivity contribution in [1.82, 2.24) is 14.5 Å². The molecule has 0 bridgehead atoms.